The van der Waals surface area contributed by atoms with Crippen molar-refractivity contribution >= 4 is 23.4 Å². The minimum atomic E-state index is -0.691. The largest absolute Gasteiger partial charge is 0.618 e. The summed E-state index contributed by atoms with van der Waals surface area (Å²) in [6.45, 7) is 0. The highest BCUT2D eigenvalue weighted by atomic mass is 35.5. The molecule has 0 aliphatic rings. The molecule has 1 atom stereocenters. The standard InChI is InChI=1S/C13H12ClNO2S/c14-11-6-2-1-5-10(11)12(16)9-18-13-7-3-4-8-15(13)17/h1-8,12,16H,9H2. The topological polar surface area (TPSA) is 47.2 Å². The Morgan fingerprint density at radius 3 is 2.67 bits per heavy atom. The smallest absolute Gasteiger partial charge is 0.251 e. The summed E-state index contributed by atoms with van der Waals surface area (Å²) in [5.74, 6) is 0.385. The van der Waals surface area contributed by atoms with Gasteiger partial charge < -0.3 is 10.3 Å². The van der Waals surface area contributed by atoms with Crippen LogP contribution >= 0.6 is 23.4 Å². The summed E-state index contributed by atoms with van der Waals surface area (Å²) in [6.07, 6.45) is 0.744. The number of rotatable bonds is 4. The monoisotopic (exact) mass is 281 g/mol. The van der Waals surface area contributed by atoms with Crippen LogP contribution in [0.15, 0.2) is 53.7 Å². The van der Waals surface area contributed by atoms with E-state index in [1.165, 1.54) is 18.0 Å². The molecule has 0 radical (unpaired) electrons. The first kappa shape index (κ1) is 13.2. The zero-order chi connectivity index (χ0) is 13.0. The van der Waals surface area contributed by atoms with Crippen LogP contribution in [-0.2, 0) is 0 Å². The number of pyridine rings is 1. The fraction of sp³-hybridized carbons (Fsp3) is 0.154. The number of aromatic nitrogens is 1. The maximum absolute atomic E-state index is 11.4. The molecule has 5 heteroatoms. The SMILES string of the molecule is [O-][n+]1ccccc1SCC(O)c1ccccc1Cl. The zero-order valence-electron chi connectivity index (χ0n) is 9.49. The van der Waals surface area contributed by atoms with Crippen LogP contribution in [0.2, 0.25) is 5.02 Å². The predicted octanol–water partition coefficient (Wildman–Crippen LogP) is 2.80. The van der Waals surface area contributed by atoms with Gasteiger partial charge in [-0.25, -0.2) is 0 Å². The van der Waals surface area contributed by atoms with Crippen LogP contribution in [-0.4, -0.2) is 10.9 Å². The van der Waals surface area contributed by atoms with Crippen LogP contribution in [0.4, 0.5) is 0 Å². The molecule has 0 fully saturated rings. The lowest BCUT2D eigenvalue weighted by Crippen LogP contribution is -2.28. The van der Waals surface area contributed by atoms with Crippen molar-refractivity contribution in [3.63, 3.8) is 0 Å². The molecule has 2 aromatic rings. The third kappa shape index (κ3) is 3.16. The van der Waals surface area contributed by atoms with Gasteiger partial charge >= 0.3 is 0 Å². The Bertz CT molecular complexity index is 536. The van der Waals surface area contributed by atoms with Crippen LogP contribution in [0.5, 0.6) is 0 Å². The van der Waals surface area contributed by atoms with E-state index >= 15 is 0 Å². The van der Waals surface area contributed by atoms with E-state index in [9.17, 15) is 10.3 Å². The molecule has 0 spiro atoms. The molecule has 0 amide bonds. The summed E-state index contributed by atoms with van der Waals surface area (Å²) in [4.78, 5) is 0. The van der Waals surface area contributed by atoms with Gasteiger partial charge in [-0.3, -0.25) is 0 Å². The van der Waals surface area contributed by atoms with E-state index in [2.05, 4.69) is 0 Å². The second-order valence-electron chi connectivity index (χ2n) is 3.71. The molecule has 1 N–H and O–H groups in total. The fourth-order valence-corrected chi connectivity index (χ4v) is 2.66. The zero-order valence-corrected chi connectivity index (χ0v) is 11.1. The number of nitrogens with zero attached hydrogens (tertiary/aromatic N) is 1. The van der Waals surface area contributed by atoms with Gasteiger partial charge in [-0.05, 0) is 17.7 Å². The maximum atomic E-state index is 11.4. The molecule has 94 valence electrons. The minimum Gasteiger partial charge on any atom is -0.618 e. The van der Waals surface area contributed by atoms with Crippen molar-refractivity contribution in [3.05, 3.63) is 64.5 Å². The first-order valence-corrected chi connectivity index (χ1v) is 6.78. The van der Waals surface area contributed by atoms with Crippen molar-refractivity contribution in [2.75, 3.05) is 5.75 Å². The Labute approximate surface area is 115 Å². The number of aliphatic hydroxyl groups excluding tert-OH is 1. The molecule has 3 nitrogen and oxygen atoms in total. The van der Waals surface area contributed by atoms with Crippen molar-refractivity contribution in [2.45, 2.75) is 11.1 Å². The highest BCUT2D eigenvalue weighted by molar-refractivity contribution is 7.99. The molecule has 2 rings (SSSR count). The third-order valence-electron chi connectivity index (χ3n) is 2.44. The first-order valence-electron chi connectivity index (χ1n) is 5.42. The second-order valence-corrected chi connectivity index (χ2v) is 5.16. The van der Waals surface area contributed by atoms with E-state index in [1.54, 1.807) is 30.3 Å². The number of hydrogen-bond donors (Lipinski definition) is 1. The van der Waals surface area contributed by atoms with Crippen molar-refractivity contribution in [2.24, 2.45) is 0 Å². The average molecular weight is 282 g/mol. The van der Waals surface area contributed by atoms with E-state index in [-0.39, 0.29) is 0 Å². The second kappa shape index (κ2) is 6.09. The Hall–Kier alpha value is -1.23. The molecular weight excluding hydrogens is 270 g/mol. The van der Waals surface area contributed by atoms with Gasteiger partial charge in [-0.1, -0.05) is 41.6 Å². The van der Waals surface area contributed by atoms with E-state index < -0.39 is 6.10 Å². The normalized spacial score (nSPS) is 12.3. The number of thioether (sulfide) groups is 1. The molecule has 0 aliphatic heterocycles. The number of hydrogen-bond acceptors (Lipinski definition) is 3. The van der Waals surface area contributed by atoms with E-state index in [1.807, 2.05) is 12.1 Å². The van der Waals surface area contributed by atoms with Crippen LogP contribution in [0, 0.1) is 5.21 Å². The average Bonchev–Trinajstić information content (AvgIpc) is 2.38. The Balaban J connectivity index is 2.03. The summed E-state index contributed by atoms with van der Waals surface area (Å²) in [5, 5.41) is 22.6. The molecule has 1 unspecified atom stereocenters. The van der Waals surface area contributed by atoms with Crippen molar-refractivity contribution in [1.29, 1.82) is 0 Å². The molecular formula is C13H12ClNO2S. The maximum Gasteiger partial charge on any atom is 0.251 e. The van der Waals surface area contributed by atoms with E-state index in [0.717, 1.165) is 4.73 Å². The summed E-state index contributed by atoms with van der Waals surface area (Å²) >= 11 is 7.30. The molecule has 1 aromatic carbocycles. The molecule has 1 aromatic heterocycles. The van der Waals surface area contributed by atoms with Gasteiger partial charge in [0.15, 0.2) is 6.20 Å². The number of benzene rings is 1. The Kier molecular flexibility index (Phi) is 4.47. The lowest BCUT2D eigenvalue weighted by Gasteiger charge is -2.11. The third-order valence-corrected chi connectivity index (χ3v) is 3.88. The van der Waals surface area contributed by atoms with Gasteiger partial charge in [0.1, 0.15) is 0 Å². The quantitative estimate of drug-likeness (QED) is 0.532. The lowest BCUT2D eigenvalue weighted by molar-refractivity contribution is -0.645. The van der Waals surface area contributed by atoms with Crippen molar-refractivity contribution in [1.82, 2.24) is 0 Å². The molecule has 1 heterocycles. The van der Waals surface area contributed by atoms with Crippen LogP contribution in [0.25, 0.3) is 0 Å². The summed E-state index contributed by atoms with van der Waals surface area (Å²) in [7, 11) is 0. The van der Waals surface area contributed by atoms with Gasteiger partial charge in [-0.2, -0.15) is 4.73 Å². The summed E-state index contributed by atoms with van der Waals surface area (Å²) in [6, 6.07) is 12.3. The number of aliphatic hydroxyl groups is 1. The molecule has 0 bridgehead atoms. The van der Waals surface area contributed by atoms with E-state index in [4.69, 9.17) is 11.6 Å². The number of halogens is 1. The first-order chi connectivity index (χ1) is 8.68. The van der Waals surface area contributed by atoms with Crippen molar-refractivity contribution in [3.8, 4) is 0 Å². The Morgan fingerprint density at radius 1 is 1.22 bits per heavy atom. The lowest BCUT2D eigenvalue weighted by atomic mass is 10.1. The van der Waals surface area contributed by atoms with Gasteiger partial charge in [-0.15, -0.1) is 0 Å². The molecule has 0 aliphatic carbocycles. The predicted molar refractivity (Wildman–Crippen MR) is 72.5 cm³/mol. The van der Waals surface area contributed by atoms with Gasteiger partial charge in [0.05, 0.1) is 6.10 Å². The van der Waals surface area contributed by atoms with Crippen LogP contribution in [0.3, 0.4) is 0 Å². The van der Waals surface area contributed by atoms with Gasteiger partial charge in [0.25, 0.3) is 5.03 Å². The Morgan fingerprint density at radius 2 is 1.94 bits per heavy atom. The van der Waals surface area contributed by atoms with Gasteiger partial charge in [0, 0.05) is 22.9 Å². The summed E-state index contributed by atoms with van der Waals surface area (Å²) in [5.41, 5.74) is 0.681. The molecule has 0 saturated heterocycles. The van der Waals surface area contributed by atoms with Crippen LogP contribution in [0.1, 0.15) is 11.7 Å². The highest BCUT2D eigenvalue weighted by Crippen LogP contribution is 2.27. The van der Waals surface area contributed by atoms with E-state index in [0.29, 0.717) is 21.4 Å². The highest BCUT2D eigenvalue weighted by Gasteiger charge is 2.14. The molecule has 18 heavy (non-hydrogen) atoms. The summed E-state index contributed by atoms with van der Waals surface area (Å²) < 4.78 is 0.782. The van der Waals surface area contributed by atoms with Crippen molar-refractivity contribution < 1.29 is 9.84 Å². The molecule has 0 saturated carbocycles. The van der Waals surface area contributed by atoms with Crippen LogP contribution < -0.4 is 4.73 Å². The minimum absolute atomic E-state index is 0.385. The fourth-order valence-electron chi connectivity index (χ4n) is 1.52. The van der Waals surface area contributed by atoms with Gasteiger partial charge in [0.2, 0.25) is 0 Å².